The number of esters is 1. The number of carbonyl (C=O) groups is 2. The largest absolute Gasteiger partial charge is 0.493 e. The molecule has 0 bridgehead atoms. The first-order valence-corrected chi connectivity index (χ1v) is 8.79. The van der Waals surface area contributed by atoms with Crippen molar-refractivity contribution in [3.05, 3.63) is 46.2 Å². The Balaban J connectivity index is 1.79. The molecule has 0 unspecified atom stereocenters. The van der Waals surface area contributed by atoms with E-state index in [1.807, 2.05) is 24.4 Å². The lowest BCUT2D eigenvalue weighted by Crippen LogP contribution is -2.30. The highest BCUT2D eigenvalue weighted by Gasteiger charge is 2.13. The zero-order valence-corrected chi connectivity index (χ0v) is 15.1. The summed E-state index contributed by atoms with van der Waals surface area (Å²) in [4.78, 5) is 25.0. The molecule has 6 nitrogen and oxygen atoms in total. The number of ether oxygens (including phenoxy) is 3. The summed E-state index contributed by atoms with van der Waals surface area (Å²) in [6, 6.07) is 8.72. The van der Waals surface area contributed by atoms with Crippen molar-refractivity contribution in [3.63, 3.8) is 0 Å². The van der Waals surface area contributed by atoms with Gasteiger partial charge >= 0.3 is 5.97 Å². The SMILES string of the molecule is CCOc1ccc(C(=O)OCC(=O)NCCc2cccs2)cc1OC. The Morgan fingerprint density at radius 1 is 1.20 bits per heavy atom. The third-order valence-corrected chi connectivity index (χ3v) is 4.24. The van der Waals surface area contributed by atoms with E-state index in [1.54, 1.807) is 23.5 Å². The molecule has 0 saturated heterocycles. The van der Waals surface area contributed by atoms with Gasteiger partial charge < -0.3 is 19.5 Å². The molecular weight excluding hydrogens is 342 g/mol. The van der Waals surface area contributed by atoms with Crippen LogP contribution in [0.4, 0.5) is 0 Å². The maximum atomic E-state index is 12.1. The number of carbonyl (C=O) groups excluding carboxylic acids is 2. The minimum atomic E-state index is -0.588. The van der Waals surface area contributed by atoms with Gasteiger partial charge in [-0.3, -0.25) is 4.79 Å². The summed E-state index contributed by atoms with van der Waals surface area (Å²) in [5.74, 6) is 0.0714. The van der Waals surface area contributed by atoms with Crippen molar-refractivity contribution in [2.24, 2.45) is 0 Å². The second-order valence-corrected chi connectivity index (χ2v) is 6.09. The summed E-state index contributed by atoms with van der Waals surface area (Å²) in [6.07, 6.45) is 0.757. The van der Waals surface area contributed by atoms with Gasteiger partial charge in [0.2, 0.25) is 0 Å². The van der Waals surface area contributed by atoms with Crippen LogP contribution in [-0.2, 0) is 16.0 Å². The van der Waals surface area contributed by atoms with Crippen LogP contribution in [0.25, 0.3) is 0 Å². The molecule has 2 rings (SSSR count). The monoisotopic (exact) mass is 363 g/mol. The molecule has 1 heterocycles. The van der Waals surface area contributed by atoms with E-state index in [1.165, 1.54) is 18.1 Å². The molecule has 0 fully saturated rings. The van der Waals surface area contributed by atoms with Crippen LogP contribution in [0.2, 0.25) is 0 Å². The summed E-state index contributed by atoms with van der Waals surface area (Å²) in [5.41, 5.74) is 0.298. The van der Waals surface area contributed by atoms with Gasteiger partial charge in [-0.05, 0) is 43.0 Å². The zero-order valence-electron chi connectivity index (χ0n) is 14.2. The third kappa shape index (κ3) is 5.79. The molecular formula is C18H21NO5S. The van der Waals surface area contributed by atoms with Crippen LogP contribution in [0.3, 0.4) is 0 Å². The van der Waals surface area contributed by atoms with Crippen molar-refractivity contribution < 1.29 is 23.8 Å². The first kappa shape index (κ1) is 18.8. The minimum absolute atomic E-state index is 0.298. The van der Waals surface area contributed by atoms with Crippen LogP contribution < -0.4 is 14.8 Å². The van der Waals surface area contributed by atoms with Gasteiger partial charge in [0, 0.05) is 11.4 Å². The van der Waals surface area contributed by atoms with Crippen LogP contribution in [0.5, 0.6) is 11.5 Å². The van der Waals surface area contributed by atoms with Crippen molar-refractivity contribution in [1.82, 2.24) is 5.32 Å². The topological polar surface area (TPSA) is 73.9 Å². The van der Waals surface area contributed by atoms with E-state index in [9.17, 15) is 9.59 Å². The van der Waals surface area contributed by atoms with Gasteiger partial charge in [-0.2, -0.15) is 0 Å². The van der Waals surface area contributed by atoms with E-state index < -0.39 is 5.97 Å². The maximum absolute atomic E-state index is 12.1. The maximum Gasteiger partial charge on any atom is 0.338 e. The number of thiophene rings is 1. The fraction of sp³-hybridized carbons (Fsp3) is 0.333. The first-order chi connectivity index (χ1) is 12.1. The molecule has 0 atom stereocenters. The lowest BCUT2D eigenvalue weighted by atomic mass is 10.2. The van der Waals surface area contributed by atoms with Gasteiger partial charge in [-0.1, -0.05) is 6.07 Å². The minimum Gasteiger partial charge on any atom is -0.493 e. The van der Waals surface area contributed by atoms with E-state index >= 15 is 0 Å². The van der Waals surface area contributed by atoms with Crippen LogP contribution in [0, 0.1) is 0 Å². The molecule has 0 spiro atoms. The highest BCUT2D eigenvalue weighted by Crippen LogP contribution is 2.28. The summed E-state index contributed by atoms with van der Waals surface area (Å²) < 4.78 is 15.6. The third-order valence-electron chi connectivity index (χ3n) is 3.31. The Labute approximate surface area is 150 Å². The normalized spacial score (nSPS) is 10.2. The van der Waals surface area contributed by atoms with Gasteiger partial charge in [0.1, 0.15) is 0 Å². The molecule has 134 valence electrons. The van der Waals surface area contributed by atoms with E-state index in [4.69, 9.17) is 14.2 Å². The molecule has 25 heavy (non-hydrogen) atoms. The lowest BCUT2D eigenvalue weighted by Gasteiger charge is -2.11. The average Bonchev–Trinajstić information content (AvgIpc) is 3.13. The Morgan fingerprint density at radius 2 is 2.04 bits per heavy atom. The number of nitrogens with one attached hydrogen (secondary N) is 1. The summed E-state index contributed by atoms with van der Waals surface area (Å²) in [7, 11) is 1.49. The molecule has 0 aliphatic carbocycles. The van der Waals surface area contributed by atoms with Crippen LogP contribution in [0.1, 0.15) is 22.2 Å². The molecule has 0 radical (unpaired) electrons. The lowest BCUT2D eigenvalue weighted by molar-refractivity contribution is -0.124. The number of hydrogen-bond acceptors (Lipinski definition) is 6. The Morgan fingerprint density at radius 3 is 2.72 bits per heavy atom. The Bertz CT molecular complexity index is 699. The molecule has 1 aromatic heterocycles. The van der Waals surface area contributed by atoms with Crippen LogP contribution in [-0.4, -0.2) is 38.7 Å². The zero-order chi connectivity index (χ0) is 18.1. The molecule has 0 aliphatic heterocycles. The molecule has 1 aromatic carbocycles. The second-order valence-electron chi connectivity index (χ2n) is 5.05. The predicted molar refractivity (Wildman–Crippen MR) is 95.5 cm³/mol. The molecule has 1 N–H and O–H groups in total. The highest BCUT2D eigenvalue weighted by atomic mass is 32.1. The highest BCUT2D eigenvalue weighted by molar-refractivity contribution is 7.09. The van der Waals surface area contributed by atoms with Crippen molar-refractivity contribution in [2.45, 2.75) is 13.3 Å². The van der Waals surface area contributed by atoms with Gasteiger partial charge in [0.25, 0.3) is 5.91 Å². The van der Waals surface area contributed by atoms with Crippen molar-refractivity contribution in [2.75, 3.05) is 26.9 Å². The number of methoxy groups -OCH3 is 1. The van der Waals surface area contributed by atoms with Crippen molar-refractivity contribution in [3.8, 4) is 11.5 Å². The number of rotatable bonds is 9. The van der Waals surface area contributed by atoms with Gasteiger partial charge in [-0.15, -0.1) is 11.3 Å². The van der Waals surface area contributed by atoms with Crippen LogP contribution in [0.15, 0.2) is 35.7 Å². The Hall–Kier alpha value is -2.54. The average molecular weight is 363 g/mol. The van der Waals surface area contributed by atoms with E-state index in [-0.39, 0.29) is 12.5 Å². The number of amides is 1. The van der Waals surface area contributed by atoms with Gasteiger partial charge in [0.05, 0.1) is 19.3 Å². The molecule has 0 aliphatic rings. The smallest absolute Gasteiger partial charge is 0.338 e. The Kier molecular flexibility index (Phi) is 7.28. The standard InChI is InChI=1S/C18H21NO5S/c1-3-23-15-7-6-13(11-16(15)22-2)18(21)24-12-17(20)19-9-8-14-5-4-10-25-14/h4-7,10-11H,3,8-9,12H2,1-2H3,(H,19,20). The summed E-state index contributed by atoms with van der Waals surface area (Å²) >= 11 is 1.64. The summed E-state index contributed by atoms with van der Waals surface area (Å²) in [5, 5.41) is 4.71. The number of hydrogen-bond donors (Lipinski definition) is 1. The van der Waals surface area contributed by atoms with E-state index in [0.717, 1.165) is 6.42 Å². The number of benzene rings is 1. The fourth-order valence-electron chi connectivity index (χ4n) is 2.11. The first-order valence-electron chi connectivity index (χ1n) is 7.91. The van der Waals surface area contributed by atoms with Crippen molar-refractivity contribution in [1.29, 1.82) is 0 Å². The predicted octanol–water partition coefficient (Wildman–Crippen LogP) is 2.67. The van der Waals surface area contributed by atoms with E-state index in [0.29, 0.717) is 30.2 Å². The van der Waals surface area contributed by atoms with Gasteiger partial charge in [0.15, 0.2) is 18.1 Å². The molecule has 2 aromatic rings. The van der Waals surface area contributed by atoms with Gasteiger partial charge in [-0.25, -0.2) is 4.79 Å². The second kappa shape index (κ2) is 9.68. The fourth-order valence-corrected chi connectivity index (χ4v) is 2.82. The molecule has 1 amide bonds. The summed E-state index contributed by atoms with van der Waals surface area (Å²) in [6.45, 7) is 2.54. The van der Waals surface area contributed by atoms with E-state index in [2.05, 4.69) is 5.32 Å². The quantitative estimate of drug-likeness (QED) is 0.694. The van der Waals surface area contributed by atoms with Crippen molar-refractivity contribution >= 4 is 23.2 Å². The molecule has 7 heteroatoms. The molecule has 0 saturated carbocycles. The van der Waals surface area contributed by atoms with Crippen LogP contribution >= 0.6 is 11.3 Å².